The van der Waals surface area contributed by atoms with Crippen LogP contribution in [0.4, 0.5) is 5.69 Å². The van der Waals surface area contributed by atoms with Crippen LogP contribution in [0, 0.1) is 12.3 Å². The maximum absolute atomic E-state index is 5.35. The van der Waals surface area contributed by atoms with Gasteiger partial charge >= 0.3 is 0 Å². The molecule has 2 nitrogen and oxygen atoms in total. The van der Waals surface area contributed by atoms with Crippen LogP contribution in [0.3, 0.4) is 0 Å². The summed E-state index contributed by atoms with van der Waals surface area (Å²) in [4.78, 5) is 3.67. The molecule has 0 amide bonds. The molecule has 1 saturated heterocycles. The number of piperidine rings is 1. The first-order valence-corrected chi connectivity index (χ1v) is 7.61. The van der Waals surface area contributed by atoms with E-state index in [1.807, 2.05) is 0 Å². The minimum Gasteiger partial charge on any atom is -0.381 e. The molecule has 2 rings (SSSR count). The van der Waals surface area contributed by atoms with E-state index in [0.717, 1.165) is 19.6 Å². The molecule has 0 aromatic heterocycles. The highest BCUT2D eigenvalue weighted by atomic mass is 32.2. The fraction of sp³-hybridized carbons (Fsp3) is 0.467. The molecule has 3 heteroatoms. The van der Waals surface area contributed by atoms with Crippen LogP contribution in [-0.4, -0.2) is 36.8 Å². The molecular weight excluding hydrogens is 240 g/mol. The molecule has 0 unspecified atom stereocenters. The standard InChI is InChI=1S/C15H20N2S/c1-3-10-17-11-8-13(9-12-17)16-14-6-4-5-7-15(14)18-2/h1,4-7,13,16H,8-12H2,2H3. The second-order valence-electron chi connectivity index (χ2n) is 4.60. The van der Waals surface area contributed by atoms with Crippen molar-refractivity contribution in [2.75, 3.05) is 31.2 Å². The van der Waals surface area contributed by atoms with Crippen molar-refractivity contribution < 1.29 is 0 Å². The summed E-state index contributed by atoms with van der Waals surface area (Å²) in [7, 11) is 0. The molecule has 0 saturated carbocycles. The molecule has 0 aliphatic carbocycles. The van der Waals surface area contributed by atoms with Gasteiger partial charge in [-0.2, -0.15) is 0 Å². The molecule has 1 N–H and O–H groups in total. The number of thioether (sulfide) groups is 1. The van der Waals surface area contributed by atoms with Crippen molar-refractivity contribution in [3.05, 3.63) is 24.3 Å². The van der Waals surface area contributed by atoms with E-state index in [2.05, 4.69) is 46.7 Å². The van der Waals surface area contributed by atoms with Crippen LogP contribution in [0.25, 0.3) is 0 Å². The van der Waals surface area contributed by atoms with Crippen molar-refractivity contribution in [2.24, 2.45) is 0 Å². The lowest BCUT2D eigenvalue weighted by molar-refractivity contribution is 0.243. The van der Waals surface area contributed by atoms with Crippen LogP contribution in [0.1, 0.15) is 12.8 Å². The molecule has 0 bridgehead atoms. The van der Waals surface area contributed by atoms with Crippen LogP contribution in [-0.2, 0) is 0 Å². The predicted molar refractivity (Wildman–Crippen MR) is 80.1 cm³/mol. The summed E-state index contributed by atoms with van der Waals surface area (Å²) in [5.74, 6) is 2.72. The second kappa shape index (κ2) is 6.72. The van der Waals surface area contributed by atoms with Gasteiger partial charge in [0.15, 0.2) is 0 Å². The summed E-state index contributed by atoms with van der Waals surface area (Å²) in [6, 6.07) is 9.09. The Hall–Kier alpha value is -1.11. The Kier molecular flexibility index (Phi) is 4.98. The monoisotopic (exact) mass is 260 g/mol. The number of likely N-dealkylation sites (tertiary alicyclic amines) is 1. The summed E-state index contributed by atoms with van der Waals surface area (Å²) in [6.07, 6.45) is 9.81. The summed E-state index contributed by atoms with van der Waals surface area (Å²) in [5, 5.41) is 3.66. The molecule has 1 fully saturated rings. The highest BCUT2D eigenvalue weighted by molar-refractivity contribution is 7.98. The number of para-hydroxylation sites is 1. The van der Waals surface area contributed by atoms with E-state index in [-0.39, 0.29) is 0 Å². The van der Waals surface area contributed by atoms with Gasteiger partial charge in [0.2, 0.25) is 0 Å². The average molecular weight is 260 g/mol. The molecule has 1 heterocycles. The van der Waals surface area contributed by atoms with Gasteiger partial charge in [-0.3, -0.25) is 4.90 Å². The summed E-state index contributed by atoms with van der Waals surface area (Å²) in [6.45, 7) is 2.99. The van der Waals surface area contributed by atoms with Gasteiger partial charge in [-0.05, 0) is 31.2 Å². The number of benzene rings is 1. The van der Waals surface area contributed by atoms with Gasteiger partial charge in [-0.25, -0.2) is 0 Å². The van der Waals surface area contributed by atoms with Crippen molar-refractivity contribution in [3.63, 3.8) is 0 Å². The first kappa shape index (κ1) is 13.3. The summed E-state index contributed by atoms with van der Waals surface area (Å²) in [5.41, 5.74) is 1.26. The molecule has 1 aliphatic rings. The van der Waals surface area contributed by atoms with Crippen molar-refractivity contribution in [1.29, 1.82) is 0 Å². The van der Waals surface area contributed by atoms with Crippen molar-refractivity contribution in [3.8, 4) is 12.3 Å². The smallest absolute Gasteiger partial charge is 0.0598 e. The van der Waals surface area contributed by atoms with Crippen molar-refractivity contribution >= 4 is 17.4 Å². The third-order valence-electron chi connectivity index (χ3n) is 3.37. The minimum absolute atomic E-state index is 0.576. The lowest BCUT2D eigenvalue weighted by atomic mass is 10.0. The van der Waals surface area contributed by atoms with E-state index in [0.29, 0.717) is 6.04 Å². The van der Waals surface area contributed by atoms with Gasteiger partial charge in [-0.15, -0.1) is 18.2 Å². The fourth-order valence-corrected chi connectivity index (χ4v) is 2.91. The van der Waals surface area contributed by atoms with Crippen LogP contribution in [0.2, 0.25) is 0 Å². The highest BCUT2D eigenvalue weighted by Crippen LogP contribution is 2.26. The lowest BCUT2D eigenvalue weighted by Gasteiger charge is -2.32. The number of anilines is 1. The molecule has 1 aromatic carbocycles. The van der Waals surface area contributed by atoms with E-state index in [1.165, 1.54) is 23.4 Å². The molecule has 0 atom stereocenters. The quantitative estimate of drug-likeness (QED) is 0.662. The maximum Gasteiger partial charge on any atom is 0.0598 e. The first-order valence-electron chi connectivity index (χ1n) is 6.39. The van der Waals surface area contributed by atoms with E-state index >= 15 is 0 Å². The Morgan fingerprint density at radius 2 is 2.11 bits per heavy atom. The van der Waals surface area contributed by atoms with Crippen LogP contribution < -0.4 is 5.32 Å². The van der Waals surface area contributed by atoms with Gasteiger partial charge in [-0.1, -0.05) is 18.1 Å². The van der Waals surface area contributed by atoms with Crippen LogP contribution in [0.15, 0.2) is 29.2 Å². The Morgan fingerprint density at radius 1 is 1.39 bits per heavy atom. The van der Waals surface area contributed by atoms with Gasteiger partial charge < -0.3 is 5.32 Å². The number of hydrogen-bond donors (Lipinski definition) is 1. The Bertz CT molecular complexity index is 417. The second-order valence-corrected chi connectivity index (χ2v) is 5.45. The number of rotatable bonds is 4. The van der Waals surface area contributed by atoms with Crippen LogP contribution >= 0.6 is 11.8 Å². The van der Waals surface area contributed by atoms with Crippen LogP contribution in [0.5, 0.6) is 0 Å². The molecular formula is C15H20N2S. The van der Waals surface area contributed by atoms with Gasteiger partial charge in [0, 0.05) is 29.7 Å². The van der Waals surface area contributed by atoms with E-state index in [1.54, 1.807) is 11.8 Å². The third kappa shape index (κ3) is 3.44. The van der Waals surface area contributed by atoms with Gasteiger partial charge in [0.1, 0.15) is 0 Å². The van der Waals surface area contributed by atoms with Gasteiger partial charge in [0.05, 0.1) is 6.54 Å². The Labute approximate surface area is 114 Å². The number of nitrogens with one attached hydrogen (secondary N) is 1. The number of hydrogen-bond acceptors (Lipinski definition) is 3. The van der Waals surface area contributed by atoms with Crippen molar-refractivity contribution in [2.45, 2.75) is 23.8 Å². The topological polar surface area (TPSA) is 15.3 Å². The molecule has 1 aliphatic heterocycles. The first-order chi connectivity index (χ1) is 8.83. The SMILES string of the molecule is C#CCN1CCC(Nc2ccccc2SC)CC1. The zero-order valence-electron chi connectivity index (χ0n) is 10.9. The summed E-state index contributed by atoms with van der Waals surface area (Å²) >= 11 is 1.79. The molecule has 0 spiro atoms. The predicted octanol–water partition coefficient (Wildman–Crippen LogP) is 2.92. The van der Waals surface area contributed by atoms with E-state index in [9.17, 15) is 0 Å². The third-order valence-corrected chi connectivity index (χ3v) is 4.16. The molecule has 0 radical (unpaired) electrons. The number of terminal acetylenes is 1. The molecule has 96 valence electrons. The Morgan fingerprint density at radius 3 is 2.78 bits per heavy atom. The zero-order valence-corrected chi connectivity index (χ0v) is 11.7. The highest BCUT2D eigenvalue weighted by Gasteiger charge is 2.18. The zero-order chi connectivity index (χ0) is 12.8. The summed E-state index contributed by atoms with van der Waals surface area (Å²) < 4.78 is 0. The van der Waals surface area contributed by atoms with Crippen molar-refractivity contribution in [1.82, 2.24) is 4.90 Å². The van der Waals surface area contributed by atoms with Gasteiger partial charge in [0.25, 0.3) is 0 Å². The minimum atomic E-state index is 0.576. The van der Waals surface area contributed by atoms with E-state index < -0.39 is 0 Å². The largest absolute Gasteiger partial charge is 0.381 e. The molecule has 18 heavy (non-hydrogen) atoms. The lowest BCUT2D eigenvalue weighted by Crippen LogP contribution is -2.39. The number of nitrogens with zero attached hydrogens (tertiary/aromatic N) is 1. The normalized spacial score (nSPS) is 17.3. The fourth-order valence-electron chi connectivity index (χ4n) is 2.35. The molecule has 1 aromatic rings. The average Bonchev–Trinajstić information content (AvgIpc) is 2.42. The Balaban J connectivity index is 1.90. The maximum atomic E-state index is 5.35. The van der Waals surface area contributed by atoms with E-state index in [4.69, 9.17) is 6.42 Å².